The number of nitrogens with zero attached hydrogens (tertiary/aromatic N) is 1. The molecule has 1 atom stereocenters. The van der Waals surface area contributed by atoms with Gasteiger partial charge in [-0.05, 0) is 12.1 Å². The van der Waals surface area contributed by atoms with E-state index in [0.29, 0.717) is 0 Å². The first-order valence-corrected chi connectivity index (χ1v) is 7.01. The largest absolute Gasteiger partial charge is 0.433 e. The van der Waals surface area contributed by atoms with E-state index in [2.05, 4.69) is 4.74 Å². The number of amides is 1. The average molecular weight is 309 g/mol. The first-order valence-electron chi connectivity index (χ1n) is 5.56. The molecule has 1 saturated heterocycles. The monoisotopic (exact) mass is 309 g/mol. The third-order valence-electron chi connectivity index (χ3n) is 2.86. The van der Waals surface area contributed by atoms with Gasteiger partial charge in [-0.25, -0.2) is 0 Å². The highest BCUT2D eigenvalue weighted by Gasteiger charge is 2.40. The van der Waals surface area contributed by atoms with E-state index in [0.717, 1.165) is 4.90 Å². The lowest BCUT2D eigenvalue weighted by Crippen LogP contribution is -2.27. The Labute approximate surface area is 113 Å². The standard InChI is InChI=1S/C11H10F3NO4S/c12-11(13)19-9-4-2-1-3-8(9)15-6-7(5-10(15)16)20(14,17)18/h1-4,7,11H,5-6H2. The van der Waals surface area contributed by atoms with Crippen molar-refractivity contribution in [1.82, 2.24) is 0 Å². The zero-order valence-corrected chi connectivity index (χ0v) is 10.8. The van der Waals surface area contributed by atoms with Crippen molar-refractivity contribution in [1.29, 1.82) is 0 Å². The fraction of sp³-hybridized carbons (Fsp3) is 0.364. The minimum Gasteiger partial charge on any atom is -0.433 e. The van der Waals surface area contributed by atoms with Gasteiger partial charge in [0.2, 0.25) is 5.91 Å². The topological polar surface area (TPSA) is 63.7 Å². The Morgan fingerprint density at radius 3 is 2.50 bits per heavy atom. The summed E-state index contributed by atoms with van der Waals surface area (Å²) in [6, 6.07) is 5.43. The van der Waals surface area contributed by atoms with Crippen LogP contribution >= 0.6 is 0 Å². The number of halogens is 3. The minimum absolute atomic E-state index is 0.0102. The van der Waals surface area contributed by atoms with Crippen LogP contribution in [-0.4, -0.2) is 32.7 Å². The van der Waals surface area contributed by atoms with E-state index in [1.165, 1.54) is 24.3 Å². The maximum Gasteiger partial charge on any atom is 0.387 e. The quantitative estimate of drug-likeness (QED) is 0.794. The van der Waals surface area contributed by atoms with E-state index in [-0.39, 0.29) is 11.4 Å². The highest BCUT2D eigenvalue weighted by molar-refractivity contribution is 7.87. The van der Waals surface area contributed by atoms with Crippen molar-refractivity contribution < 1.29 is 30.6 Å². The van der Waals surface area contributed by atoms with Gasteiger partial charge >= 0.3 is 16.8 Å². The van der Waals surface area contributed by atoms with Crippen molar-refractivity contribution in [2.45, 2.75) is 18.3 Å². The van der Waals surface area contributed by atoms with Crippen molar-refractivity contribution in [2.75, 3.05) is 11.4 Å². The van der Waals surface area contributed by atoms with Crippen molar-refractivity contribution in [3.05, 3.63) is 24.3 Å². The number of carbonyl (C=O) groups is 1. The lowest BCUT2D eigenvalue weighted by Gasteiger charge is -2.19. The zero-order valence-electron chi connectivity index (χ0n) is 10.0. The number of ether oxygens (including phenoxy) is 1. The van der Waals surface area contributed by atoms with Crippen LogP contribution in [0.15, 0.2) is 24.3 Å². The second-order valence-electron chi connectivity index (χ2n) is 4.15. The maximum absolute atomic E-state index is 12.9. The Bertz CT molecular complexity index is 620. The van der Waals surface area contributed by atoms with Gasteiger partial charge in [-0.2, -0.15) is 17.2 Å². The zero-order chi connectivity index (χ0) is 14.9. The summed E-state index contributed by atoms with van der Waals surface area (Å²) in [5.41, 5.74) is -0.0102. The predicted octanol–water partition coefficient (Wildman–Crippen LogP) is 1.69. The van der Waals surface area contributed by atoms with E-state index in [1.54, 1.807) is 0 Å². The lowest BCUT2D eigenvalue weighted by atomic mass is 10.2. The van der Waals surface area contributed by atoms with E-state index in [9.17, 15) is 25.9 Å². The summed E-state index contributed by atoms with van der Waals surface area (Å²) in [6.45, 7) is -3.52. The number of para-hydroxylation sites is 2. The van der Waals surface area contributed by atoms with Crippen molar-refractivity contribution in [3.63, 3.8) is 0 Å². The van der Waals surface area contributed by atoms with Crippen LogP contribution in [0.3, 0.4) is 0 Å². The second kappa shape index (κ2) is 5.31. The van der Waals surface area contributed by atoms with Gasteiger partial charge in [0.15, 0.2) is 0 Å². The first kappa shape index (κ1) is 14.6. The molecule has 5 nitrogen and oxygen atoms in total. The van der Waals surface area contributed by atoms with Gasteiger partial charge in [-0.3, -0.25) is 4.79 Å². The molecule has 1 fully saturated rings. The molecule has 20 heavy (non-hydrogen) atoms. The highest BCUT2D eigenvalue weighted by Crippen LogP contribution is 2.33. The molecule has 0 saturated carbocycles. The van der Waals surface area contributed by atoms with Gasteiger partial charge < -0.3 is 9.64 Å². The molecule has 1 heterocycles. The minimum atomic E-state index is -4.86. The van der Waals surface area contributed by atoms with Gasteiger partial charge in [0.25, 0.3) is 0 Å². The number of anilines is 1. The summed E-state index contributed by atoms with van der Waals surface area (Å²) in [5, 5.41) is -1.49. The van der Waals surface area contributed by atoms with Crippen LogP contribution in [-0.2, 0) is 15.0 Å². The summed E-state index contributed by atoms with van der Waals surface area (Å²) in [5.74, 6) is -0.936. The fourth-order valence-corrected chi connectivity index (χ4v) is 2.64. The lowest BCUT2D eigenvalue weighted by molar-refractivity contribution is -0.117. The molecule has 1 aliphatic rings. The van der Waals surface area contributed by atoms with E-state index in [4.69, 9.17) is 0 Å². The van der Waals surface area contributed by atoms with Crippen LogP contribution in [0, 0.1) is 0 Å². The second-order valence-corrected chi connectivity index (χ2v) is 5.77. The predicted molar refractivity (Wildman–Crippen MR) is 63.9 cm³/mol. The number of carbonyl (C=O) groups excluding carboxylic acids is 1. The molecule has 0 radical (unpaired) electrons. The maximum atomic E-state index is 12.9. The number of alkyl halides is 2. The van der Waals surface area contributed by atoms with Crippen LogP contribution in [0.2, 0.25) is 0 Å². The normalized spacial score (nSPS) is 19.7. The Morgan fingerprint density at radius 2 is 1.95 bits per heavy atom. The molecular formula is C11H10F3NO4S. The molecule has 1 unspecified atom stereocenters. The number of benzene rings is 1. The van der Waals surface area contributed by atoms with Gasteiger partial charge in [-0.15, -0.1) is 3.89 Å². The van der Waals surface area contributed by atoms with Crippen LogP contribution in [0.4, 0.5) is 18.4 Å². The molecule has 0 aliphatic carbocycles. The molecular weight excluding hydrogens is 299 g/mol. The molecule has 0 spiro atoms. The molecule has 1 amide bonds. The molecule has 1 aromatic carbocycles. The summed E-state index contributed by atoms with van der Waals surface area (Å²) < 4.78 is 63.3. The number of hydrogen-bond acceptors (Lipinski definition) is 4. The Morgan fingerprint density at radius 1 is 1.30 bits per heavy atom. The average Bonchev–Trinajstić information content (AvgIpc) is 2.71. The number of hydrogen-bond donors (Lipinski definition) is 0. The third kappa shape index (κ3) is 3.03. The van der Waals surface area contributed by atoms with Crippen molar-refractivity contribution in [3.8, 4) is 5.75 Å². The SMILES string of the molecule is O=C1CC(S(=O)(=O)F)CN1c1ccccc1OC(F)F. The first-order chi connectivity index (χ1) is 9.29. The van der Waals surface area contributed by atoms with E-state index >= 15 is 0 Å². The van der Waals surface area contributed by atoms with Gasteiger partial charge in [0.1, 0.15) is 11.0 Å². The van der Waals surface area contributed by atoms with E-state index < -0.39 is 41.0 Å². The highest BCUT2D eigenvalue weighted by atomic mass is 32.3. The van der Waals surface area contributed by atoms with Crippen molar-refractivity contribution in [2.24, 2.45) is 0 Å². The van der Waals surface area contributed by atoms with Crippen molar-refractivity contribution >= 4 is 21.8 Å². The van der Waals surface area contributed by atoms with Crippen LogP contribution in [0.1, 0.15) is 6.42 Å². The molecule has 0 N–H and O–H groups in total. The molecule has 1 aliphatic heterocycles. The van der Waals surface area contributed by atoms with Gasteiger partial charge in [0, 0.05) is 13.0 Å². The van der Waals surface area contributed by atoms with Gasteiger partial charge in [0.05, 0.1) is 5.69 Å². The van der Waals surface area contributed by atoms with E-state index in [1.807, 2.05) is 0 Å². The fourth-order valence-electron chi connectivity index (χ4n) is 1.97. The van der Waals surface area contributed by atoms with Crippen LogP contribution in [0.5, 0.6) is 5.75 Å². The van der Waals surface area contributed by atoms with Crippen LogP contribution < -0.4 is 9.64 Å². The summed E-state index contributed by atoms with van der Waals surface area (Å²) in [4.78, 5) is 12.7. The molecule has 1 aromatic rings. The Hall–Kier alpha value is -1.77. The third-order valence-corrected chi connectivity index (χ3v) is 3.97. The summed E-state index contributed by atoms with van der Waals surface area (Å²) in [6.07, 6.45) is -0.526. The Kier molecular flexibility index (Phi) is 3.89. The summed E-state index contributed by atoms with van der Waals surface area (Å²) in [7, 11) is -4.86. The Balaban J connectivity index is 2.31. The molecule has 110 valence electrons. The molecule has 9 heteroatoms. The number of rotatable bonds is 4. The molecule has 0 aromatic heterocycles. The molecule has 0 bridgehead atoms. The summed E-state index contributed by atoms with van der Waals surface area (Å²) >= 11 is 0. The van der Waals surface area contributed by atoms with Gasteiger partial charge in [-0.1, -0.05) is 12.1 Å². The smallest absolute Gasteiger partial charge is 0.387 e. The van der Waals surface area contributed by atoms with Crippen LogP contribution in [0.25, 0.3) is 0 Å². The molecule has 2 rings (SSSR count).